The van der Waals surface area contributed by atoms with Crippen LogP contribution in [0, 0.1) is 0 Å². The Morgan fingerprint density at radius 3 is 2.67 bits per heavy atom. The molecule has 2 rings (SSSR count). The molecule has 3 atom stereocenters. The summed E-state index contributed by atoms with van der Waals surface area (Å²) in [6.45, 7) is 2.65. The van der Waals surface area contributed by atoms with E-state index < -0.39 is 15.8 Å². The predicted molar refractivity (Wildman–Crippen MR) is 79.1 cm³/mol. The molecule has 0 radical (unpaired) electrons. The SMILES string of the molecule is CCCC1CC(N(CC(=O)O)C2CCS(=O)(=O)C2)CCO1. The van der Waals surface area contributed by atoms with Crippen molar-refractivity contribution in [3.05, 3.63) is 0 Å². The molecule has 0 amide bonds. The van der Waals surface area contributed by atoms with Gasteiger partial charge in [-0.2, -0.15) is 0 Å². The standard InChI is InChI=1S/C14H25NO5S/c1-2-3-13-8-11(4-6-20-13)15(9-14(16)17)12-5-7-21(18,19)10-12/h11-13H,2-10H2,1H3,(H,16,17). The highest BCUT2D eigenvalue weighted by molar-refractivity contribution is 7.91. The number of ether oxygens (including phenoxy) is 1. The first-order valence-corrected chi connectivity index (χ1v) is 9.53. The molecule has 0 saturated carbocycles. The number of sulfone groups is 1. The molecular weight excluding hydrogens is 294 g/mol. The third kappa shape index (κ3) is 4.66. The minimum absolute atomic E-state index is 0.0797. The van der Waals surface area contributed by atoms with Crippen LogP contribution in [0.15, 0.2) is 0 Å². The number of carboxylic acids is 1. The quantitative estimate of drug-likeness (QED) is 0.783. The third-order valence-electron chi connectivity index (χ3n) is 4.41. The summed E-state index contributed by atoms with van der Waals surface area (Å²) < 4.78 is 29.1. The number of carbonyl (C=O) groups is 1. The van der Waals surface area contributed by atoms with Crippen molar-refractivity contribution in [3.8, 4) is 0 Å². The monoisotopic (exact) mass is 319 g/mol. The number of carboxylic acid groups (broad SMARTS) is 1. The lowest BCUT2D eigenvalue weighted by Crippen LogP contribution is -2.50. The molecule has 7 heteroatoms. The molecular formula is C14H25NO5S. The summed E-state index contributed by atoms with van der Waals surface area (Å²) in [7, 11) is -3.00. The molecule has 0 spiro atoms. The van der Waals surface area contributed by atoms with Crippen LogP contribution in [0.1, 0.15) is 39.0 Å². The number of hydrogen-bond acceptors (Lipinski definition) is 5. The zero-order chi connectivity index (χ0) is 15.5. The normalized spacial score (nSPS) is 32.4. The van der Waals surface area contributed by atoms with Gasteiger partial charge in [-0.25, -0.2) is 8.42 Å². The molecule has 122 valence electrons. The molecule has 2 fully saturated rings. The van der Waals surface area contributed by atoms with Crippen molar-refractivity contribution in [2.45, 2.75) is 57.2 Å². The molecule has 2 heterocycles. The predicted octanol–water partition coefficient (Wildman–Crippen LogP) is 0.908. The summed E-state index contributed by atoms with van der Waals surface area (Å²) in [5.74, 6) is -0.622. The van der Waals surface area contributed by atoms with Crippen LogP contribution in [0.25, 0.3) is 0 Å². The van der Waals surface area contributed by atoms with Crippen molar-refractivity contribution in [1.82, 2.24) is 4.90 Å². The van der Waals surface area contributed by atoms with Crippen molar-refractivity contribution in [3.63, 3.8) is 0 Å². The fourth-order valence-corrected chi connectivity index (χ4v) is 5.18. The average Bonchev–Trinajstić information content (AvgIpc) is 2.77. The first-order valence-electron chi connectivity index (χ1n) is 7.71. The van der Waals surface area contributed by atoms with Gasteiger partial charge in [-0.1, -0.05) is 13.3 Å². The van der Waals surface area contributed by atoms with Crippen LogP contribution in [0.3, 0.4) is 0 Å². The molecule has 2 aliphatic rings. The number of aliphatic carboxylic acids is 1. The van der Waals surface area contributed by atoms with Gasteiger partial charge in [0.05, 0.1) is 24.2 Å². The fourth-order valence-electron chi connectivity index (χ4n) is 3.43. The molecule has 2 saturated heterocycles. The van der Waals surface area contributed by atoms with E-state index in [2.05, 4.69) is 6.92 Å². The Morgan fingerprint density at radius 1 is 1.33 bits per heavy atom. The van der Waals surface area contributed by atoms with Gasteiger partial charge in [0.15, 0.2) is 9.84 Å². The Balaban J connectivity index is 2.06. The first-order chi connectivity index (χ1) is 9.91. The van der Waals surface area contributed by atoms with E-state index in [1.807, 2.05) is 4.90 Å². The second-order valence-corrected chi connectivity index (χ2v) is 8.31. The summed E-state index contributed by atoms with van der Waals surface area (Å²) in [5, 5.41) is 9.15. The topological polar surface area (TPSA) is 83.9 Å². The Kier molecular flexibility index (Phi) is 5.62. The van der Waals surface area contributed by atoms with E-state index in [4.69, 9.17) is 9.84 Å². The van der Waals surface area contributed by atoms with Gasteiger partial charge in [0.1, 0.15) is 0 Å². The Bertz CT molecular complexity index is 462. The van der Waals surface area contributed by atoms with E-state index >= 15 is 0 Å². The highest BCUT2D eigenvalue weighted by atomic mass is 32.2. The van der Waals surface area contributed by atoms with Crippen LogP contribution in [-0.2, 0) is 19.4 Å². The van der Waals surface area contributed by atoms with Crippen LogP contribution in [0.2, 0.25) is 0 Å². The Labute approximate surface area is 126 Å². The summed E-state index contributed by atoms with van der Waals surface area (Å²) in [5.41, 5.74) is 0. The highest BCUT2D eigenvalue weighted by Crippen LogP contribution is 2.27. The third-order valence-corrected chi connectivity index (χ3v) is 6.16. The van der Waals surface area contributed by atoms with Gasteiger partial charge in [-0.15, -0.1) is 0 Å². The van der Waals surface area contributed by atoms with Gasteiger partial charge in [0, 0.05) is 18.7 Å². The lowest BCUT2D eigenvalue weighted by Gasteiger charge is -2.39. The lowest BCUT2D eigenvalue weighted by atomic mass is 9.97. The average molecular weight is 319 g/mol. The van der Waals surface area contributed by atoms with Gasteiger partial charge in [0.25, 0.3) is 0 Å². The van der Waals surface area contributed by atoms with Gasteiger partial charge < -0.3 is 9.84 Å². The van der Waals surface area contributed by atoms with Gasteiger partial charge in [-0.3, -0.25) is 9.69 Å². The van der Waals surface area contributed by atoms with Crippen molar-refractivity contribution >= 4 is 15.8 Å². The zero-order valence-electron chi connectivity index (χ0n) is 12.5. The smallest absolute Gasteiger partial charge is 0.317 e. The largest absolute Gasteiger partial charge is 0.480 e. The van der Waals surface area contributed by atoms with E-state index in [1.54, 1.807) is 0 Å². The maximum absolute atomic E-state index is 11.7. The second-order valence-electron chi connectivity index (χ2n) is 6.08. The van der Waals surface area contributed by atoms with Crippen LogP contribution >= 0.6 is 0 Å². The van der Waals surface area contributed by atoms with Crippen LogP contribution in [0.4, 0.5) is 0 Å². The van der Waals surface area contributed by atoms with Crippen molar-refractivity contribution in [2.24, 2.45) is 0 Å². The molecule has 0 aromatic rings. The molecule has 2 aliphatic heterocycles. The molecule has 6 nitrogen and oxygen atoms in total. The van der Waals surface area contributed by atoms with Gasteiger partial charge in [-0.05, 0) is 25.7 Å². The summed E-state index contributed by atoms with van der Waals surface area (Å²) in [6, 6.07) is -0.0406. The van der Waals surface area contributed by atoms with Crippen LogP contribution in [0.5, 0.6) is 0 Å². The molecule has 0 bridgehead atoms. The van der Waals surface area contributed by atoms with Gasteiger partial charge in [0.2, 0.25) is 0 Å². The van der Waals surface area contributed by atoms with Gasteiger partial charge >= 0.3 is 5.97 Å². The Morgan fingerprint density at radius 2 is 2.10 bits per heavy atom. The highest BCUT2D eigenvalue weighted by Gasteiger charge is 2.38. The van der Waals surface area contributed by atoms with Crippen LogP contribution in [-0.4, -0.2) is 67.2 Å². The van der Waals surface area contributed by atoms with E-state index in [-0.39, 0.29) is 36.2 Å². The first kappa shape index (κ1) is 16.7. The van der Waals surface area contributed by atoms with Crippen molar-refractivity contribution in [1.29, 1.82) is 0 Å². The summed E-state index contributed by atoms with van der Waals surface area (Å²) in [6.07, 6.45) is 4.31. The maximum Gasteiger partial charge on any atom is 0.317 e. The summed E-state index contributed by atoms with van der Waals surface area (Å²) in [4.78, 5) is 13.1. The second kappa shape index (κ2) is 7.07. The zero-order valence-corrected chi connectivity index (χ0v) is 13.3. The van der Waals surface area contributed by atoms with E-state index in [9.17, 15) is 13.2 Å². The minimum atomic E-state index is -3.00. The maximum atomic E-state index is 11.7. The molecule has 0 aromatic heterocycles. The molecule has 21 heavy (non-hydrogen) atoms. The fraction of sp³-hybridized carbons (Fsp3) is 0.929. The van der Waals surface area contributed by atoms with E-state index in [0.717, 1.165) is 25.7 Å². The van der Waals surface area contributed by atoms with Crippen molar-refractivity contribution in [2.75, 3.05) is 24.7 Å². The molecule has 1 N–H and O–H groups in total. The summed E-state index contributed by atoms with van der Waals surface area (Å²) >= 11 is 0. The number of rotatable bonds is 6. The minimum Gasteiger partial charge on any atom is -0.480 e. The molecule has 0 aromatic carbocycles. The van der Waals surface area contributed by atoms with E-state index in [0.29, 0.717) is 13.0 Å². The van der Waals surface area contributed by atoms with Crippen molar-refractivity contribution < 1.29 is 23.1 Å². The Hall–Kier alpha value is -0.660. The van der Waals surface area contributed by atoms with E-state index in [1.165, 1.54) is 0 Å². The number of nitrogens with zero attached hydrogens (tertiary/aromatic N) is 1. The molecule has 3 unspecified atom stereocenters. The van der Waals surface area contributed by atoms with Crippen LogP contribution < -0.4 is 0 Å². The molecule has 0 aliphatic carbocycles. The number of hydrogen-bond donors (Lipinski definition) is 1. The lowest BCUT2D eigenvalue weighted by molar-refractivity contribution is -0.140.